The van der Waals surface area contributed by atoms with Gasteiger partial charge in [-0.05, 0) is 31.0 Å². The molecule has 1 atom stereocenters. The smallest absolute Gasteiger partial charge is 0.108 e. The van der Waals surface area contributed by atoms with Gasteiger partial charge in [-0.3, -0.25) is 16.3 Å². The van der Waals surface area contributed by atoms with Crippen molar-refractivity contribution in [1.29, 1.82) is 0 Å². The molecule has 5 nitrogen and oxygen atoms in total. The van der Waals surface area contributed by atoms with Gasteiger partial charge in [0.25, 0.3) is 0 Å². The number of nitrogens with one attached hydrogen (secondary N) is 1. The molecule has 0 saturated heterocycles. The van der Waals surface area contributed by atoms with Crippen LogP contribution in [0.1, 0.15) is 29.5 Å². The summed E-state index contributed by atoms with van der Waals surface area (Å²) >= 11 is 0. The summed E-state index contributed by atoms with van der Waals surface area (Å²) in [5.41, 5.74) is 5.00. The fourth-order valence-electron chi connectivity index (χ4n) is 1.98. The molecule has 1 unspecified atom stereocenters. The summed E-state index contributed by atoms with van der Waals surface area (Å²) in [4.78, 5) is 8.67. The Morgan fingerprint density at radius 1 is 1.39 bits per heavy atom. The Balaban J connectivity index is 2.04. The van der Waals surface area contributed by atoms with Crippen LogP contribution in [0.25, 0.3) is 0 Å². The van der Waals surface area contributed by atoms with Crippen LogP contribution in [0.4, 0.5) is 0 Å². The SMILES string of the molecule is Cc1ccnc(C(CCc2nccn2C)NN)c1. The Morgan fingerprint density at radius 3 is 2.83 bits per heavy atom. The summed E-state index contributed by atoms with van der Waals surface area (Å²) in [6.45, 7) is 2.05. The number of hydrogen-bond donors (Lipinski definition) is 2. The fourth-order valence-corrected chi connectivity index (χ4v) is 1.98. The van der Waals surface area contributed by atoms with E-state index in [-0.39, 0.29) is 6.04 Å². The Bertz CT molecular complexity index is 506. The first-order valence-electron chi connectivity index (χ1n) is 6.05. The molecule has 0 bridgehead atoms. The van der Waals surface area contributed by atoms with E-state index >= 15 is 0 Å². The third kappa shape index (κ3) is 2.94. The van der Waals surface area contributed by atoms with Gasteiger partial charge >= 0.3 is 0 Å². The van der Waals surface area contributed by atoms with Crippen LogP contribution >= 0.6 is 0 Å². The van der Waals surface area contributed by atoms with E-state index in [0.717, 1.165) is 24.4 Å². The zero-order valence-corrected chi connectivity index (χ0v) is 10.8. The predicted octanol–water partition coefficient (Wildman–Crippen LogP) is 1.26. The average Bonchev–Trinajstić information content (AvgIpc) is 2.76. The molecule has 2 heterocycles. The lowest BCUT2D eigenvalue weighted by Gasteiger charge is -2.15. The first kappa shape index (κ1) is 12.7. The molecule has 18 heavy (non-hydrogen) atoms. The van der Waals surface area contributed by atoms with Crippen LogP contribution in [0, 0.1) is 6.92 Å². The molecule has 0 aliphatic rings. The van der Waals surface area contributed by atoms with Crippen molar-refractivity contribution in [3.63, 3.8) is 0 Å². The topological polar surface area (TPSA) is 68.8 Å². The van der Waals surface area contributed by atoms with Crippen LogP contribution in [0.2, 0.25) is 0 Å². The zero-order chi connectivity index (χ0) is 13.0. The Hall–Kier alpha value is -1.72. The van der Waals surface area contributed by atoms with E-state index in [1.807, 2.05) is 36.3 Å². The van der Waals surface area contributed by atoms with Crippen molar-refractivity contribution in [2.45, 2.75) is 25.8 Å². The van der Waals surface area contributed by atoms with Gasteiger partial charge in [0.15, 0.2) is 0 Å². The molecule has 2 aromatic rings. The van der Waals surface area contributed by atoms with Crippen LogP contribution in [-0.2, 0) is 13.5 Å². The number of hydrazine groups is 1. The highest BCUT2D eigenvalue weighted by atomic mass is 15.2. The molecular formula is C13H19N5. The molecule has 0 amide bonds. The van der Waals surface area contributed by atoms with Gasteiger partial charge in [-0.1, -0.05) is 0 Å². The van der Waals surface area contributed by atoms with Crippen LogP contribution in [0.5, 0.6) is 0 Å². The predicted molar refractivity (Wildman–Crippen MR) is 70.6 cm³/mol. The Kier molecular flexibility index (Phi) is 4.07. The molecule has 5 heteroatoms. The van der Waals surface area contributed by atoms with Crippen molar-refractivity contribution in [1.82, 2.24) is 20.0 Å². The highest BCUT2D eigenvalue weighted by Crippen LogP contribution is 2.16. The number of imidazole rings is 1. The van der Waals surface area contributed by atoms with E-state index in [9.17, 15) is 0 Å². The van der Waals surface area contributed by atoms with Gasteiger partial charge in [-0.25, -0.2) is 4.98 Å². The number of nitrogens with zero attached hydrogens (tertiary/aromatic N) is 3. The number of aromatic nitrogens is 3. The molecule has 3 N–H and O–H groups in total. The number of rotatable bonds is 5. The second-order valence-corrected chi connectivity index (χ2v) is 4.47. The van der Waals surface area contributed by atoms with E-state index in [1.165, 1.54) is 5.56 Å². The van der Waals surface area contributed by atoms with Gasteiger partial charge in [0, 0.05) is 32.1 Å². The van der Waals surface area contributed by atoms with Crippen molar-refractivity contribution < 1.29 is 0 Å². The first-order chi connectivity index (χ1) is 8.70. The van der Waals surface area contributed by atoms with Gasteiger partial charge in [0.05, 0.1) is 11.7 Å². The highest BCUT2D eigenvalue weighted by molar-refractivity contribution is 5.17. The van der Waals surface area contributed by atoms with Gasteiger partial charge in [0.1, 0.15) is 5.82 Å². The summed E-state index contributed by atoms with van der Waals surface area (Å²) in [5.74, 6) is 6.67. The van der Waals surface area contributed by atoms with E-state index in [2.05, 4.69) is 28.4 Å². The summed E-state index contributed by atoms with van der Waals surface area (Å²) < 4.78 is 2.03. The Labute approximate surface area is 107 Å². The average molecular weight is 245 g/mol. The number of aryl methyl sites for hydroxylation is 3. The van der Waals surface area contributed by atoms with Gasteiger partial charge < -0.3 is 4.57 Å². The molecule has 2 aromatic heterocycles. The molecular weight excluding hydrogens is 226 g/mol. The molecule has 96 valence electrons. The number of pyridine rings is 1. The minimum Gasteiger partial charge on any atom is -0.338 e. The molecule has 0 aromatic carbocycles. The first-order valence-corrected chi connectivity index (χ1v) is 6.05. The largest absolute Gasteiger partial charge is 0.338 e. The second kappa shape index (κ2) is 5.75. The quantitative estimate of drug-likeness (QED) is 0.614. The summed E-state index contributed by atoms with van der Waals surface area (Å²) in [6, 6.07) is 4.10. The Morgan fingerprint density at radius 2 is 2.22 bits per heavy atom. The number of nitrogens with two attached hydrogens (primary N) is 1. The van der Waals surface area contributed by atoms with Crippen molar-refractivity contribution in [3.05, 3.63) is 47.8 Å². The lowest BCUT2D eigenvalue weighted by atomic mass is 10.1. The third-order valence-corrected chi connectivity index (χ3v) is 3.07. The minimum atomic E-state index is 0.0570. The standard InChI is InChI=1S/C13H19N5/c1-10-5-6-15-12(9-10)11(17-14)3-4-13-16-7-8-18(13)2/h5-9,11,17H,3-4,14H2,1-2H3. The molecule has 2 rings (SSSR count). The molecule has 0 aliphatic heterocycles. The van der Waals surface area contributed by atoms with E-state index in [1.54, 1.807) is 0 Å². The van der Waals surface area contributed by atoms with Crippen molar-refractivity contribution in [2.24, 2.45) is 12.9 Å². The zero-order valence-electron chi connectivity index (χ0n) is 10.8. The molecule has 0 fully saturated rings. The van der Waals surface area contributed by atoms with Crippen LogP contribution in [0.3, 0.4) is 0 Å². The summed E-state index contributed by atoms with van der Waals surface area (Å²) in [5, 5.41) is 0. The van der Waals surface area contributed by atoms with Crippen molar-refractivity contribution in [2.75, 3.05) is 0 Å². The van der Waals surface area contributed by atoms with Gasteiger partial charge in [-0.2, -0.15) is 0 Å². The van der Waals surface area contributed by atoms with E-state index in [4.69, 9.17) is 5.84 Å². The van der Waals surface area contributed by atoms with Crippen LogP contribution in [-0.4, -0.2) is 14.5 Å². The van der Waals surface area contributed by atoms with Gasteiger partial charge in [-0.15, -0.1) is 0 Å². The molecule has 0 aliphatic carbocycles. The molecule has 0 radical (unpaired) electrons. The van der Waals surface area contributed by atoms with E-state index < -0.39 is 0 Å². The second-order valence-electron chi connectivity index (χ2n) is 4.47. The van der Waals surface area contributed by atoms with E-state index in [0.29, 0.717) is 0 Å². The normalized spacial score (nSPS) is 12.6. The maximum absolute atomic E-state index is 5.62. The highest BCUT2D eigenvalue weighted by Gasteiger charge is 2.12. The maximum Gasteiger partial charge on any atom is 0.108 e. The minimum absolute atomic E-state index is 0.0570. The lowest BCUT2D eigenvalue weighted by molar-refractivity contribution is 0.495. The number of hydrogen-bond acceptors (Lipinski definition) is 4. The maximum atomic E-state index is 5.62. The van der Waals surface area contributed by atoms with Crippen molar-refractivity contribution in [3.8, 4) is 0 Å². The lowest BCUT2D eigenvalue weighted by Crippen LogP contribution is -2.29. The summed E-state index contributed by atoms with van der Waals surface area (Å²) in [7, 11) is 2.00. The fraction of sp³-hybridized carbons (Fsp3) is 0.385. The van der Waals surface area contributed by atoms with Gasteiger partial charge in [0.2, 0.25) is 0 Å². The summed E-state index contributed by atoms with van der Waals surface area (Å²) in [6.07, 6.45) is 7.32. The van der Waals surface area contributed by atoms with Crippen LogP contribution in [0.15, 0.2) is 30.7 Å². The van der Waals surface area contributed by atoms with Crippen LogP contribution < -0.4 is 11.3 Å². The van der Waals surface area contributed by atoms with Crippen molar-refractivity contribution >= 4 is 0 Å². The monoisotopic (exact) mass is 245 g/mol. The third-order valence-electron chi connectivity index (χ3n) is 3.07. The molecule has 0 saturated carbocycles. The molecule has 0 spiro atoms.